The lowest BCUT2D eigenvalue weighted by Crippen LogP contribution is -2.40. The predicted octanol–water partition coefficient (Wildman–Crippen LogP) is 1.92. The summed E-state index contributed by atoms with van der Waals surface area (Å²) in [6.45, 7) is 2.28. The number of nitrogens with one attached hydrogen (secondary N) is 1. The van der Waals surface area contributed by atoms with Crippen LogP contribution in [0.2, 0.25) is 0 Å². The van der Waals surface area contributed by atoms with Crippen molar-refractivity contribution in [1.29, 1.82) is 0 Å². The first kappa shape index (κ1) is 7.56. The second-order valence-corrected chi connectivity index (χ2v) is 3.19. The lowest BCUT2D eigenvalue weighted by molar-refractivity contribution is 0.420. The summed E-state index contributed by atoms with van der Waals surface area (Å²) >= 11 is 0. The molecule has 1 aliphatic heterocycles. The molecule has 0 spiro atoms. The van der Waals surface area contributed by atoms with Crippen molar-refractivity contribution in [2.24, 2.45) is 5.92 Å². The van der Waals surface area contributed by atoms with Crippen molar-refractivity contribution in [3.63, 3.8) is 0 Å². The molecule has 1 aromatic carbocycles. The zero-order chi connectivity index (χ0) is 8.23. The predicted molar refractivity (Wildman–Crippen MR) is 51.8 cm³/mol. The van der Waals surface area contributed by atoms with Gasteiger partial charge in [-0.3, -0.25) is 0 Å². The Morgan fingerprint density at radius 3 is 2.50 bits per heavy atom. The third-order valence-corrected chi connectivity index (χ3v) is 2.17. The van der Waals surface area contributed by atoms with E-state index in [0.29, 0.717) is 0 Å². The molecule has 12 heavy (non-hydrogen) atoms. The summed E-state index contributed by atoms with van der Waals surface area (Å²) in [4.78, 5) is 0. The van der Waals surface area contributed by atoms with Gasteiger partial charge in [0.05, 0.1) is 0 Å². The monoisotopic (exact) mass is 159 g/mol. The van der Waals surface area contributed by atoms with Gasteiger partial charge in [0.2, 0.25) is 0 Å². The van der Waals surface area contributed by atoms with Gasteiger partial charge < -0.3 is 5.32 Å². The molecule has 62 valence electrons. The highest BCUT2D eigenvalue weighted by atomic mass is 14.9. The normalized spacial score (nSPS) is 18.0. The van der Waals surface area contributed by atoms with Gasteiger partial charge in [-0.2, -0.15) is 0 Å². The minimum absolute atomic E-state index is 0.755. The summed E-state index contributed by atoms with van der Waals surface area (Å²) in [7, 11) is 0. The maximum absolute atomic E-state index is 3.25. The fraction of sp³-hybridized carbons (Fsp3) is 0.273. The van der Waals surface area contributed by atoms with Crippen LogP contribution >= 0.6 is 0 Å². The lowest BCUT2D eigenvalue weighted by Gasteiger charge is -2.23. The Bertz CT molecular complexity index is 260. The summed E-state index contributed by atoms with van der Waals surface area (Å²) in [5, 5.41) is 3.25. The van der Waals surface area contributed by atoms with Crippen LogP contribution in [-0.4, -0.2) is 13.1 Å². The molecule has 2 rings (SSSR count). The minimum Gasteiger partial charge on any atom is -0.315 e. The highest BCUT2D eigenvalue weighted by Gasteiger charge is 2.11. The Morgan fingerprint density at radius 2 is 1.92 bits per heavy atom. The molecule has 0 saturated carbocycles. The van der Waals surface area contributed by atoms with Gasteiger partial charge in [0, 0.05) is 19.0 Å². The highest BCUT2D eigenvalue weighted by Crippen LogP contribution is 2.08. The molecule has 0 bridgehead atoms. The van der Waals surface area contributed by atoms with E-state index >= 15 is 0 Å². The van der Waals surface area contributed by atoms with E-state index in [1.54, 1.807) is 0 Å². The van der Waals surface area contributed by atoms with Gasteiger partial charge in [-0.15, -0.1) is 0 Å². The van der Waals surface area contributed by atoms with E-state index in [9.17, 15) is 0 Å². The minimum atomic E-state index is 0.755. The van der Waals surface area contributed by atoms with Crippen LogP contribution in [0.15, 0.2) is 36.4 Å². The molecule has 1 aliphatic rings. The van der Waals surface area contributed by atoms with E-state index in [1.165, 1.54) is 5.56 Å². The van der Waals surface area contributed by atoms with Gasteiger partial charge in [0.25, 0.3) is 0 Å². The average Bonchev–Trinajstić information content (AvgIpc) is 2.04. The van der Waals surface area contributed by atoms with Crippen LogP contribution in [0.5, 0.6) is 0 Å². The molecule has 0 aromatic heterocycles. The smallest absolute Gasteiger partial charge is 0.00267 e. The molecular weight excluding hydrogens is 146 g/mol. The summed E-state index contributed by atoms with van der Waals surface area (Å²) < 4.78 is 0. The molecule has 1 nitrogen and oxygen atoms in total. The first-order chi connectivity index (χ1) is 5.95. The van der Waals surface area contributed by atoms with Crippen LogP contribution in [0.1, 0.15) is 5.56 Å². The summed E-state index contributed by atoms with van der Waals surface area (Å²) in [5.74, 6) is 0.755. The van der Waals surface area contributed by atoms with Crippen LogP contribution < -0.4 is 5.32 Å². The quantitative estimate of drug-likeness (QED) is 0.695. The average molecular weight is 159 g/mol. The molecule has 0 radical (unpaired) electrons. The van der Waals surface area contributed by atoms with Crippen LogP contribution in [0, 0.1) is 5.92 Å². The fourth-order valence-corrected chi connectivity index (χ4v) is 1.26. The molecule has 1 heteroatoms. The molecule has 0 atom stereocenters. The number of hydrogen-bond donors (Lipinski definition) is 1. The van der Waals surface area contributed by atoms with Gasteiger partial charge in [-0.05, 0) is 5.56 Å². The zero-order valence-electron chi connectivity index (χ0n) is 7.03. The first-order valence-electron chi connectivity index (χ1n) is 4.39. The molecular formula is C11H13N. The SMILES string of the molecule is C(=C\C1CNC1)/c1ccccc1. The Labute approximate surface area is 73.1 Å². The van der Waals surface area contributed by atoms with Crippen LogP contribution in [0.25, 0.3) is 6.08 Å². The van der Waals surface area contributed by atoms with E-state index in [4.69, 9.17) is 0 Å². The number of hydrogen-bond acceptors (Lipinski definition) is 1. The van der Waals surface area contributed by atoms with Crippen molar-refractivity contribution in [2.75, 3.05) is 13.1 Å². The summed E-state index contributed by atoms with van der Waals surface area (Å²) in [5.41, 5.74) is 1.30. The number of rotatable bonds is 2. The van der Waals surface area contributed by atoms with Crippen molar-refractivity contribution in [3.05, 3.63) is 42.0 Å². The van der Waals surface area contributed by atoms with E-state index in [-0.39, 0.29) is 0 Å². The van der Waals surface area contributed by atoms with Gasteiger partial charge in [0.1, 0.15) is 0 Å². The molecule has 1 fully saturated rings. The van der Waals surface area contributed by atoms with E-state index in [2.05, 4.69) is 41.7 Å². The van der Waals surface area contributed by atoms with Crippen molar-refractivity contribution in [1.82, 2.24) is 5.32 Å². The molecule has 0 amide bonds. The highest BCUT2D eigenvalue weighted by molar-refractivity contribution is 5.49. The molecule has 1 saturated heterocycles. The van der Waals surface area contributed by atoms with Gasteiger partial charge in [-0.1, -0.05) is 42.5 Å². The van der Waals surface area contributed by atoms with Crippen molar-refractivity contribution < 1.29 is 0 Å². The van der Waals surface area contributed by atoms with E-state index in [0.717, 1.165) is 19.0 Å². The first-order valence-corrected chi connectivity index (χ1v) is 4.39. The Morgan fingerprint density at radius 1 is 1.17 bits per heavy atom. The van der Waals surface area contributed by atoms with Gasteiger partial charge in [0.15, 0.2) is 0 Å². The second kappa shape index (κ2) is 3.55. The number of benzene rings is 1. The molecule has 1 heterocycles. The standard InChI is InChI=1S/C11H13N/c1-2-4-10(5-3-1)6-7-11-8-12-9-11/h1-7,11-12H,8-9H2/b7-6+. The third kappa shape index (κ3) is 1.74. The van der Waals surface area contributed by atoms with Crippen molar-refractivity contribution in [2.45, 2.75) is 0 Å². The Kier molecular flexibility index (Phi) is 2.23. The maximum Gasteiger partial charge on any atom is 0.00267 e. The van der Waals surface area contributed by atoms with Gasteiger partial charge >= 0.3 is 0 Å². The van der Waals surface area contributed by atoms with E-state index < -0.39 is 0 Å². The lowest BCUT2D eigenvalue weighted by atomic mass is 10.0. The topological polar surface area (TPSA) is 12.0 Å². The molecule has 0 unspecified atom stereocenters. The fourth-order valence-electron chi connectivity index (χ4n) is 1.26. The molecule has 0 aliphatic carbocycles. The largest absolute Gasteiger partial charge is 0.315 e. The Balaban J connectivity index is 1.98. The zero-order valence-corrected chi connectivity index (χ0v) is 7.03. The maximum atomic E-state index is 3.25. The molecule has 1 aromatic rings. The molecule has 1 N–H and O–H groups in total. The van der Waals surface area contributed by atoms with Crippen molar-refractivity contribution in [3.8, 4) is 0 Å². The van der Waals surface area contributed by atoms with Crippen molar-refractivity contribution >= 4 is 6.08 Å². The van der Waals surface area contributed by atoms with Crippen LogP contribution in [0.3, 0.4) is 0 Å². The van der Waals surface area contributed by atoms with E-state index in [1.807, 2.05) is 6.07 Å². The van der Waals surface area contributed by atoms with Crippen LogP contribution in [-0.2, 0) is 0 Å². The van der Waals surface area contributed by atoms with Gasteiger partial charge in [-0.25, -0.2) is 0 Å². The Hall–Kier alpha value is -1.08. The second-order valence-electron chi connectivity index (χ2n) is 3.19. The third-order valence-electron chi connectivity index (χ3n) is 2.17. The van der Waals surface area contributed by atoms with Crippen LogP contribution in [0.4, 0.5) is 0 Å². The summed E-state index contributed by atoms with van der Waals surface area (Å²) in [6, 6.07) is 10.4. The summed E-state index contributed by atoms with van der Waals surface area (Å²) in [6.07, 6.45) is 4.48.